The average molecular weight is 258 g/mol. The van der Waals surface area contributed by atoms with Crippen molar-refractivity contribution < 1.29 is 4.79 Å². The number of fused-ring (bicyclic) bond motifs is 1. The summed E-state index contributed by atoms with van der Waals surface area (Å²) in [5.74, 6) is 0.115. The van der Waals surface area contributed by atoms with Gasteiger partial charge >= 0.3 is 0 Å². The Balaban J connectivity index is 1.61. The average Bonchev–Trinajstić information content (AvgIpc) is 3.04. The number of aromatic nitrogens is 5. The van der Waals surface area contributed by atoms with Crippen molar-refractivity contribution in [2.24, 2.45) is 0 Å². The van der Waals surface area contributed by atoms with Gasteiger partial charge in [-0.2, -0.15) is 0 Å². The number of carbonyl (C=O) groups excluding carboxylic acids is 1. The Morgan fingerprint density at radius 2 is 2.21 bits per heavy atom. The first-order chi connectivity index (χ1) is 9.22. The molecule has 7 nitrogen and oxygen atoms in total. The smallest absolute Gasteiger partial charge is 0.225 e. The quantitative estimate of drug-likeness (QED) is 0.791. The Hall–Kier alpha value is -2.31. The lowest BCUT2D eigenvalue weighted by atomic mass is 10.2. The Bertz CT molecular complexity index is 594. The lowest BCUT2D eigenvalue weighted by Gasteiger charge is -2.14. The molecule has 19 heavy (non-hydrogen) atoms. The molecule has 3 heterocycles. The summed E-state index contributed by atoms with van der Waals surface area (Å²) in [5.41, 5.74) is 3.33. The molecule has 3 rings (SSSR count). The molecule has 0 radical (unpaired) electrons. The van der Waals surface area contributed by atoms with E-state index in [4.69, 9.17) is 0 Å². The summed E-state index contributed by atoms with van der Waals surface area (Å²) in [5, 5.41) is 10.8. The topological polar surface area (TPSA) is 76.8 Å². The Labute approximate surface area is 110 Å². The van der Waals surface area contributed by atoms with Crippen LogP contribution in [-0.2, 0) is 24.4 Å². The molecule has 1 amide bonds. The summed E-state index contributed by atoms with van der Waals surface area (Å²) in [6.07, 6.45) is 3.78. The van der Waals surface area contributed by atoms with Crippen molar-refractivity contribution >= 4 is 5.91 Å². The van der Waals surface area contributed by atoms with Crippen molar-refractivity contribution in [3.05, 3.63) is 35.4 Å². The number of aryl methyl sites for hydroxylation is 2. The number of pyridine rings is 1. The van der Waals surface area contributed by atoms with Crippen LogP contribution in [0.15, 0.2) is 18.6 Å². The van der Waals surface area contributed by atoms with E-state index >= 15 is 0 Å². The van der Waals surface area contributed by atoms with Gasteiger partial charge in [-0.15, -0.1) is 5.10 Å². The van der Waals surface area contributed by atoms with Crippen LogP contribution in [0.5, 0.6) is 0 Å². The van der Waals surface area contributed by atoms with E-state index in [1.54, 1.807) is 4.68 Å². The van der Waals surface area contributed by atoms with Crippen LogP contribution in [0.25, 0.3) is 0 Å². The Morgan fingerprint density at radius 1 is 1.37 bits per heavy atom. The van der Waals surface area contributed by atoms with Crippen molar-refractivity contribution in [1.82, 2.24) is 30.1 Å². The van der Waals surface area contributed by atoms with Gasteiger partial charge in [-0.25, -0.2) is 4.68 Å². The molecule has 0 aromatic carbocycles. The molecule has 1 aliphatic heterocycles. The highest BCUT2D eigenvalue weighted by atomic mass is 16.2. The zero-order valence-electron chi connectivity index (χ0n) is 10.7. The summed E-state index contributed by atoms with van der Waals surface area (Å²) < 4.78 is 1.56. The minimum atomic E-state index is 0.115. The SMILES string of the molecule is Cc1cc2c(cn1)CN(C(=O)CCn1cnnn1)C2. The van der Waals surface area contributed by atoms with Gasteiger partial charge in [0.05, 0.1) is 6.54 Å². The maximum Gasteiger partial charge on any atom is 0.225 e. The molecule has 7 heteroatoms. The summed E-state index contributed by atoms with van der Waals surface area (Å²) in [4.78, 5) is 18.2. The van der Waals surface area contributed by atoms with E-state index in [2.05, 4.69) is 20.5 Å². The number of amides is 1. The standard InChI is InChI=1S/C12H14N6O/c1-9-4-10-6-17(7-11(10)5-13-9)12(19)2-3-18-8-14-15-16-18/h4-5,8H,2-3,6-7H2,1H3. The second kappa shape index (κ2) is 4.75. The van der Waals surface area contributed by atoms with E-state index in [1.807, 2.05) is 24.1 Å². The van der Waals surface area contributed by atoms with Gasteiger partial charge in [0.1, 0.15) is 6.33 Å². The number of rotatable bonds is 3. The van der Waals surface area contributed by atoms with Crippen LogP contribution < -0.4 is 0 Å². The van der Waals surface area contributed by atoms with Crippen molar-refractivity contribution in [3.63, 3.8) is 0 Å². The van der Waals surface area contributed by atoms with Crippen LogP contribution in [0.3, 0.4) is 0 Å². The monoisotopic (exact) mass is 258 g/mol. The van der Waals surface area contributed by atoms with Gasteiger partial charge in [0, 0.05) is 31.4 Å². The fourth-order valence-electron chi connectivity index (χ4n) is 2.23. The van der Waals surface area contributed by atoms with Crippen molar-refractivity contribution in [3.8, 4) is 0 Å². The molecule has 0 atom stereocenters. The largest absolute Gasteiger partial charge is 0.334 e. The van der Waals surface area contributed by atoms with E-state index < -0.39 is 0 Å². The third-order valence-corrected chi connectivity index (χ3v) is 3.24. The predicted molar refractivity (Wildman–Crippen MR) is 65.7 cm³/mol. The third kappa shape index (κ3) is 2.44. The molecule has 0 bridgehead atoms. The van der Waals surface area contributed by atoms with Crippen LogP contribution in [0.2, 0.25) is 0 Å². The lowest BCUT2D eigenvalue weighted by Crippen LogP contribution is -2.26. The fourth-order valence-corrected chi connectivity index (χ4v) is 2.23. The number of carbonyl (C=O) groups is 1. The van der Waals surface area contributed by atoms with Crippen LogP contribution in [0.4, 0.5) is 0 Å². The normalized spacial score (nSPS) is 13.6. The van der Waals surface area contributed by atoms with Gasteiger partial charge in [0.15, 0.2) is 0 Å². The van der Waals surface area contributed by atoms with E-state index in [0.717, 1.165) is 11.3 Å². The van der Waals surface area contributed by atoms with Crippen LogP contribution >= 0.6 is 0 Å². The highest BCUT2D eigenvalue weighted by Gasteiger charge is 2.23. The zero-order chi connectivity index (χ0) is 13.2. The zero-order valence-corrected chi connectivity index (χ0v) is 10.7. The summed E-state index contributed by atoms with van der Waals surface area (Å²) >= 11 is 0. The molecule has 0 saturated carbocycles. The lowest BCUT2D eigenvalue weighted by molar-refractivity contribution is -0.132. The predicted octanol–water partition coefficient (Wildman–Crippen LogP) is 0.309. The van der Waals surface area contributed by atoms with E-state index in [-0.39, 0.29) is 5.91 Å². The molecule has 0 unspecified atom stereocenters. The van der Waals surface area contributed by atoms with Gasteiger partial charge in [-0.3, -0.25) is 9.78 Å². The molecule has 98 valence electrons. The molecule has 2 aromatic rings. The van der Waals surface area contributed by atoms with Crippen LogP contribution in [0.1, 0.15) is 23.2 Å². The number of nitrogens with zero attached hydrogens (tertiary/aromatic N) is 6. The third-order valence-electron chi connectivity index (χ3n) is 3.24. The second-order valence-electron chi connectivity index (χ2n) is 4.67. The minimum Gasteiger partial charge on any atom is -0.334 e. The first-order valence-electron chi connectivity index (χ1n) is 6.15. The number of tetrazole rings is 1. The maximum absolute atomic E-state index is 12.1. The summed E-state index contributed by atoms with van der Waals surface area (Å²) in [6, 6.07) is 2.05. The van der Waals surface area contributed by atoms with Crippen molar-refractivity contribution in [2.75, 3.05) is 0 Å². The molecule has 0 fully saturated rings. The van der Waals surface area contributed by atoms with Crippen LogP contribution in [-0.4, -0.2) is 36.0 Å². The highest BCUT2D eigenvalue weighted by molar-refractivity contribution is 5.76. The second-order valence-corrected chi connectivity index (χ2v) is 4.67. The summed E-state index contributed by atoms with van der Waals surface area (Å²) in [6.45, 7) is 3.79. The van der Waals surface area contributed by atoms with E-state index in [9.17, 15) is 4.79 Å². The molecular formula is C12H14N6O. The molecule has 0 aliphatic carbocycles. The minimum absolute atomic E-state index is 0.115. The van der Waals surface area contributed by atoms with Gasteiger partial charge in [-0.1, -0.05) is 0 Å². The number of hydrogen-bond acceptors (Lipinski definition) is 5. The maximum atomic E-state index is 12.1. The molecular weight excluding hydrogens is 244 g/mol. The van der Waals surface area contributed by atoms with Gasteiger partial charge in [0.2, 0.25) is 5.91 Å². The fraction of sp³-hybridized carbons (Fsp3) is 0.417. The molecule has 0 saturated heterocycles. The highest BCUT2D eigenvalue weighted by Crippen LogP contribution is 2.23. The number of hydrogen-bond donors (Lipinski definition) is 0. The van der Waals surface area contributed by atoms with Gasteiger partial charge in [0.25, 0.3) is 0 Å². The van der Waals surface area contributed by atoms with Crippen LogP contribution in [0, 0.1) is 6.92 Å². The molecule has 0 N–H and O–H groups in total. The molecule has 1 aliphatic rings. The van der Waals surface area contributed by atoms with E-state index in [0.29, 0.717) is 26.1 Å². The Morgan fingerprint density at radius 3 is 3.00 bits per heavy atom. The first-order valence-corrected chi connectivity index (χ1v) is 6.15. The molecule has 2 aromatic heterocycles. The van der Waals surface area contributed by atoms with Gasteiger partial charge in [-0.05, 0) is 34.5 Å². The van der Waals surface area contributed by atoms with Crippen molar-refractivity contribution in [1.29, 1.82) is 0 Å². The summed E-state index contributed by atoms with van der Waals surface area (Å²) in [7, 11) is 0. The van der Waals surface area contributed by atoms with Gasteiger partial charge < -0.3 is 4.90 Å². The van der Waals surface area contributed by atoms with E-state index in [1.165, 1.54) is 11.9 Å². The Kier molecular flexibility index (Phi) is 2.94. The van der Waals surface area contributed by atoms with Crippen molar-refractivity contribution in [2.45, 2.75) is 33.0 Å². The molecule has 0 spiro atoms. The first kappa shape index (κ1) is 11.8.